The molecule has 0 saturated heterocycles. The van der Waals surface area contributed by atoms with Gasteiger partial charge in [-0.1, -0.05) is 20.3 Å². The maximum Gasteiger partial charge on any atom is 0.211 e. The smallest absolute Gasteiger partial charge is 0.211 e. The van der Waals surface area contributed by atoms with E-state index in [0.717, 1.165) is 39.0 Å². The summed E-state index contributed by atoms with van der Waals surface area (Å²) < 4.78 is 31.0. The molecule has 0 aromatic heterocycles. The van der Waals surface area contributed by atoms with E-state index in [-0.39, 0.29) is 5.75 Å². The number of rotatable bonds is 13. The van der Waals surface area contributed by atoms with Crippen molar-refractivity contribution in [2.24, 2.45) is 0 Å². The summed E-state index contributed by atoms with van der Waals surface area (Å²) in [5.41, 5.74) is 0. The van der Waals surface area contributed by atoms with E-state index < -0.39 is 10.0 Å². The molecule has 0 bridgehead atoms. The van der Waals surface area contributed by atoms with Gasteiger partial charge in [-0.2, -0.15) is 0 Å². The second kappa shape index (κ2) is 11.9. The molecule has 5 nitrogen and oxygen atoms in total. The molecular formula is C12H28N2O3S. The molecule has 0 aliphatic carbocycles. The Hall–Kier alpha value is -0.170. The highest BCUT2D eigenvalue weighted by atomic mass is 32.2. The topological polar surface area (TPSA) is 67.4 Å². The Balaban J connectivity index is 3.41. The third kappa shape index (κ3) is 12.3. The molecule has 0 radical (unpaired) electrons. The first-order valence-corrected chi connectivity index (χ1v) is 8.53. The van der Waals surface area contributed by atoms with E-state index in [1.54, 1.807) is 0 Å². The maximum absolute atomic E-state index is 11.5. The number of unbranched alkanes of at least 4 members (excludes halogenated alkanes) is 1. The van der Waals surface area contributed by atoms with Gasteiger partial charge in [0.2, 0.25) is 10.0 Å². The molecule has 0 aromatic carbocycles. The van der Waals surface area contributed by atoms with Crippen molar-refractivity contribution in [2.45, 2.75) is 39.5 Å². The molecular weight excluding hydrogens is 252 g/mol. The van der Waals surface area contributed by atoms with Crippen molar-refractivity contribution >= 4 is 10.0 Å². The number of ether oxygens (including phenoxy) is 1. The highest BCUT2D eigenvalue weighted by molar-refractivity contribution is 7.89. The van der Waals surface area contributed by atoms with Crippen molar-refractivity contribution in [1.82, 2.24) is 10.0 Å². The number of nitrogens with one attached hydrogen (secondary N) is 2. The first kappa shape index (κ1) is 17.8. The second-order valence-corrected chi connectivity index (χ2v) is 6.17. The van der Waals surface area contributed by atoms with E-state index in [2.05, 4.69) is 17.0 Å². The van der Waals surface area contributed by atoms with Gasteiger partial charge in [-0.25, -0.2) is 13.1 Å². The van der Waals surface area contributed by atoms with Crippen molar-refractivity contribution in [3.05, 3.63) is 0 Å². The van der Waals surface area contributed by atoms with Crippen LogP contribution in [0.25, 0.3) is 0 Å². The van der Waals surface area contributed by atoms with Gasteiger partial charge in [0.25, 0.3) is 0 Å². The third-order valence-corrected chi connectivity index (χ3v) is 3.92. The summed E-state index contributed by atoms with van der Waals surface area (Å²) in [4.78, 5) is 0. The molecule has 110 valence electrons. The summed E-state index contributed by atoms with van der Waals surface area (Å²) in [5.74, 6) is 0.191. The summed E-state index contributed by atoms with van der Waals surface area (Å²) in [7, 11) is -3.11. The van der Waals surface area contributed by atoms with E-state index >= 15 is 0 Å². The van der Waals surface area contributed by atoms with Crippen molar-refractivity contribution in [2.75, 3.05) is 38.6 Å². The van der Waals surface area contributed by atoms with Crippen LogP contribution in [-0.4, -0.2) is 47.0 Å². The molecule has 0 saturated carbocycles. The zero-order chi connectivity index (χ0) is 13.7. The van der Waals surface area contributed by atoms with Crippen LogP contribution < -0.4 is 10.0 Å². The monoisotopic (exact) mass is 280 g/mol. The summed E-state index contributed by atoms with van der Waals surface area (Å²) in [6, 6.07) is 0. The molecule has 0 unspecified atom stereocenters. The molecule has 0 amide bonds. The number of sulfonamides is 1. The van der Waals surface area contributed by atoms with Gasteiger partial charge >= 0.3 is 0 Å². The van der Waals surface area contributed by atoms with Gasteiger partial charge in [-0.15, -0.1) is 0 Å². The average Bonchev–Trinajstić information content (AvgIpc) is 2.34. The summed E-state index contributed by atoms with van der Waals surface area (Å²) in [5, 5.41) is 3.10. The fourth-order valence-corrected chi connectivity index (χ4v) is 2.51. The van der Waals surface area contributed by atoms with Crippen LogP contribution in [0.15, 0.2) is 0 Å². The van der Waals surface area contributed by atoms with Crippen molar-refractivity contribution in [3.8, 4) is 0 Å². The Kier molecular flexibility index (Phi) is 11.8. The predicted octanol–water partition coefficient (Wildman–Crippen LogP) is 1.11. The van der Waals surface area contributed by atoms with Crippen LogP contribution in [0.5, 0.6) is 0 Å². The minimum atomic E-state index is -3.11. The van der Waals surface area contributed by atoms with E-state index in [0.29, 0.717) is 19.6 Å². The Bertz CT molecular complexity index is 268. The summed E-state index contributed by atoms with van der Waals surface area (Å²) >= 11 is 0. The molecule has 0 atom stereocenters. The van der Waals surface area contributed by atoms with Crippen molar-refractivity contribution in [3.63, 3.8) is 0 Å². The fourth-order valence-electron chi connectivity index (χ4n) is 1.39. The molecule has 0 fully saturated rings. The lowest BCUT2D eigenvalue weighted by molar-refractivity contribution is 0.130. The number of hydrogen-bond acceptors (Lipinski definition) is 4. The predicted molar refractivity (Wildman–Crippen MR) is 75.3 cm³/mol. The van der Waals surface area contributed by atoms with Gasteiger partial charge in [0.1, 0.15) is 0 Å². The van der Waals surface area contributed by atoms with Crippen molar-refractivity contribution in [1.29, 1.82) is 0 Å². The first-order valence-electron chi connectivity index (χ1n) is 6.88. The van der Waals surface area contributed by atoms with Crippen LogP contribution in [0.3, 0.4) is 0 Å². The quantitative estimate of drug-likeness (QED) is 0.496. The Labute approximate surface area is 112 Å². The Morgan fingerprint density at radius 3 is 2.39 bits per heavy atom. The van der Waals surface area contributed by atoms with Gasteiger partial charge in [0.05, 0.1) is 5.75 Å². The highest BCUT2D eigenvalue weighted by Crippen LogP contribution is 1.92. The summed E-state index contributed by atoms with van der Waals surface area (Å²) in [6.07, 6.45) is 3.57. The molecule has 0 spiro atoms. The van der Waals surface area contributed by atoms with E-state index in [1.165, 1.54) is 0 Å². The van der Waals surface area contributed by atoms with Gasteiger partial charge in [0, 0.05) is 19.8 Å². The second-order valence-electron chi connectivity index (χ2n) is 4.24. The van der Waals surface area contributed by atoms with E-state index in [9.17, 15) is 8.42 Å². The minimum absolute atomic E-state index is 0.191. The van der Waals surface area contributed by atoms with Crippen LogP contribution >= 0.6 is 0 Å². The molecule has 0 aliphatic heterocycles. The fraction of sp³-hybridized carbons (Fsp3) is 1.00. The zero-order valence-electron chi connectivity index (χ0n) is 11.7. The molecule has 6 heteroatoms. The van der Waals surface area contributed by atoms with Crippen LogP contribution in [-0.2, 0) is 14.8 Å². The van der Waals surface area contributed by atoms with E-state index in [1.807, 2.05) is 6.92 Å². The highest BCUT2D eigenvalue weighted by Gasteiger charge is 2.08. The Morgan fingerprint density at radius 1 is 1.00 bits per heavy atom. The molecule has 0 aliphatic rings. The largest absolute Gasteiger partial charge is 0.381 e. The third-order valence-electron chi connectivity index (χ3n) is 2.45. The average molecular weight is 280 g/mol. The molecule has 0 rings (SSSR count). The van der Waals surface area contributed by atoms with Crippen molar-refractivity contribution < 1.29 is 13.2 Å². The lowest BCUT2D eigenvalue weighted by Gasteiger charge is -2.07. The van der Waals surface area contributed by atoms with Crippen LogP contribution in [0.1, 0.15) is 39.5 Å². The standard InChI is InChI=1S/C12H28N2O3S/c1-3-5-10-17-11-6-9-14-18(15,16)12-7-8-13-4-2/h13-14H,3-12H2,1-2H3. The van der Waals surface area contributed by atoms with Gasteiger partial charge in [0.15, 0.2) is 0 Å². The zero-order valence-corrected chi connectivity index (χ0v) is 12.5. The molecule has 18 heavy (non-hydrogen) atoms. The normalized spacial score (nSPS) is 11.9. The molecule has 0 aromatic rings. The SMILES string of the molecule is CCCCOCCCNS(=O)(=O)CCCNCC. The number of hydrogen-bond donors (Lipinski definition) is 2. The first-order chi connectivity index (χ1) is 8.62. The Morgan fingerprint density at radius 2 is 1.72 bits per heavy atom. The van der Waals surface area contributed by atoms with E-state index in [4.69, 9.17) is 4.74 Å². The van der Waals surface area contributed by atoms with Crippen LogP contribution in [0.2, 0.25) is 0 Å². The molecule has 2 N–H and O–H groups in total. The molecule has 0 heterocycles. The summed E-state index contributed by atoms with van der Waals surface area (Å²) in [6.45, 7) is 7.61. The maximum atomic E-state index is 11.5. The minimum Gasteiger partial charge on any atom is -0.381 e. The van der Waals surface area contributed by atoms with Crippen LogP contribution in [0, 0.1) is 0 Å². The lowest BCUT2D eigenvalue weighted by Crippen LogP contribution is -2.29. The van der Waals surface area contributed by atoms with Gasteiger partial charge in [-0.3, -0.25) is 0 Å². The van der Waals surface area contributed by atoms with Gasteiger partial charge in [-0.05, 0) is 32.4 Å². The van der Waals surface area contributed by atoms with Gasteiger partial charge < -0.3 is 10.1 Å². The van der Waals surface area contributed by atoms with Crippen LogP contribution in [0.4, 0.5) is 0 Å². The lowest BCUT2D eigenvalue weighted by atomic mass is 10.4.